The highest BCUT2D eigenvalue weighted by Gasteiger charge is 2.32. The molecule has 0 spiro atoms. The average Bonchev–Trinajstić information content (AvgIpc) is 3.54. The summed E-state index contributed by atoms with van der Waals surface area (Å²) in [7, 11) is 1.53. The van der Waals surface area contributed by atoms with Gasteiger partial charge < -0.3 is 10.1 Å². The SMILES string of the molecule is CC.CC=NC(=N)c1cccc(Nc2cc(Cl)ncc2C(=O)C2CC2)c1OC. The number of para-hydroxylation sites is 1. The van der Waals surface area contributed by atoms with Crippen LogP contribution in [0.1, 0.15) is 49.5 Å². The molecule has 1 saturated carbocycles. The molecule has 6 nitrogen and oxygen atoms in total. The summed E-state index contributed by atoms with van der Waals surface area (Å²) in [6.07, 6.45) is 4.87. The van der Waals surface area contributed by atoms with Crippen molar-refractivity contribution in [2.24, 2.45) is 10.9 Å². The van der Waals surface area contributed by atoms with Crippen LogP contribution < -0.4 is 10.1 Å². The number of aromatic nitrogens is 1. The molecule has 1 aromatic carbocycles. The number of amidine groups is 1. The van der Waals surface area contributed by atoms with Crippen molar-refractivity contribution in [3.63, 3.8) is 0 Å². The van der Waals surface area contributed by atoms with Gasteiger partial charge in [0.1, 0.15) is 5.15 Å². The lowest BCUT2D eigenvalue weighted by molar-refractivity contribution is 0.0968. The molecule has 1 fully saturated rings. The zero-order valence-electron chi connectivity index (χ0n) is 16.5. The van der Waals surface area contributed by atoms with E-state index < -0.39 is 0 Å². The van der Waals surface area contributed by atoms with Crippen molar-refractivity contribution in [1.82, 2.24) is 4.98 Å². The fourth-order valence-electron chi connectivity index (χ4n) is 2.68. The monoisotopic (exact) mass is 400 g/mol. The quantitative estimate of drug-likeness (QED) is 0.289. The topological polar surface area (TPSA) is 87.4 Å². The van der Waals surface area contributed by atoms with Gasteiger partial charge in [0.2, 0.25) is 0 Å². The van der Waals surface area contributed by atoms with E-state index in [-0.39, 0.29) is 17.5 Å². The molecule has 1 aliphatic rings. The number of carbonyl (C=O) groups excluding carboxylic acids is 1. The van der Waals surface area contributed by atoms with Crippen molar-refractivity contribution in [2.45, 2.75) is 33.6 Å². The van der Waals surface area contributed by atoms with Crippen molar-refractivity contribution in [3.05, 3.63) is 46.7 Å². The molecule has 28 heavy (non-hydrogen) atoms. The van der Waals surface area contributed by atoms with Gasteiger partial charge >= 0.3 is 0 Å². The minimum absolute atomic E-state index is 0.0649. The van der Waals surface area contributed by atoms with E-state index in [0.717, 1.165) is 12.8 Å². The van der Waals surface area contributed by atoms with Gasteiger partial charge in [0.25, 0.3) is 0 Å². The predicted octanol–water partition coefficient (Wildman–Crippen LogP) is 5.52. The molecule has 2 N–H and O–H groups in total. The number of hydrogen-bond acceptors (Lipinski definition) is 5. The maximum Gasteiger partial charge on any atom is 0.169 e. The van der Waals surface area contributed by atoms with Crippen molar-refractivity contribution < 1.29 is 9.53 Å². The van der Waals surface area contributed by atoms with Crippen LogP contribution in [-0.2, 0) is 0 Å². The summed E-state index contributed by atoms with van der Waals surface area (Å²) >= 11 is 6.03. The second-order valence-electron chi connectivity index (χ2n) is 5.94. The van der Waals surface area contributed by atoms with Crippen LogP contribution in [0.25, 0.3) is 0 Å². The van der Waals surface area contributed by atoms with E-state index in [1.807, 2.05) is 19.9 Å². The van der Waals surface area contributed by atoms with E-state index in [1.165, 1.54) is 13.3 Å². The number of aliphatic imine (C=N–C) groups is 1. The lowest BCUT2D eigenvalue weighted by Crippen LogP contribution is -2.08. The summed E-state index contributed by atoms with van der Waals surface area (Å²) in [6.45, 7) is 5.75. The molecule has 7 heteroatoms. The Morgan fingerprint density at radius 2 is 2.04 bits per heavy atom. The third-order valence-corrected chi connectivity index (χ3v) is 4.29. The van der Waals surface area contributed by atoms with E-state index in [4.69, 9.17) is 21.7 Å². The Hall–Kier alpha value is -2.73. The molecule has 0 aliphatic heterocycles. The summed E-state index contributed by atoms with van der Waals surface area (Å²) in [4.78, 5) is 20.6. The third-order valence-electron chi connectivity index (χ3n) is 4.09. The summed E-state index contributed by atoms with van der Waals surface area (Å²) in [5.74, 6) is 0.699. The van der Waals surface area contributed by atoms with Gasteiger partial charge in [0.15, 0.2) is 17.4 Å². The van der Waals surface area contributed by atoms with E-state index in [0.29, 0.717) is 33.4 Å². The van der Waals surface area contributed by atoms with E-state index in [2.05, 4.69) is 15.3 Å². The highest BCUT2D eigenvalue weighted by Crippen LogP contribution is 2.37. The van der Waals surface area contributed by atoms with Gasteiger partial charge in [0, 0.05) is 18.3 Å². The Morgan fingerprint density at radius 3 is 2.64 bits per heavy atom. The average molecular weight is 401 g/mol. The molecule has 1 aromatic heterocycles. The standard InChI is InChI=1S/C19H19ClN4O2.C2H6/c1-3-22-19(21)12-5-4-6-14(18(12)26-2)24-15-9-16(20)23-10-13(15)17(25)11-7-8-11;1-2/h3-6,9-11,21H,7-8H2,1-2H3,(H,23,24);1-2H3. The van der Waals surface area contributed by atoms with Crippen LogP contribution in [0.5, 0.6) is 5.75 Å². The molecule has 2 aromatic rings. The summed E-state index contributed by atoms with van der Waals surface area (Å²) in [5.41, 5.74) is 2.24. The number of methoxy groups -OCH3 is 1. The molecular weight excluding hydrogens is 376 g/mol. The molecule has 0 saturated heterocycles. The number of ketones is 1. The number of halogens is 1. The molecule has 1 heterocycles. The van der Waals surface area contributed by atoms with Crippen LogP contribution in [0.2, 0.25) is 5.15 Å². The number of ether oxygens (including phenoxy) is 1. The highest BCUT2D eigenvalue weighted by molar-refractivity contribution is 6.29. The van der Waals surface area contributed by atoms with Gasteiger partial charge in [-0.05, 0) is 38.0 Å². The fourth-order valence-corrected chi connectivity index (χ4v) is 2.84. The third kappa shape index (κ3) is 4.95. The Morgan fingerprint density at radius 1 is 1.32 bits per heavy atom. The lowest BCUT2D eigenvalue weighted by Gasteiger charge is -2.16. The van der Waals surface area contributed by atoms with Gasteiger partial charge in [-0.15, -0.1) is 0 Å². The molecule has 148 valence electrons. The van der Waals surface area contributed by atoms with Crippen LogP contribution >= 0.6 is 11.6 Å². The van der Waals surface area contributed by atoms with Crippen molar-refractivity contribution >= 4 is 40.8 Å². The van der Waals surface area contributed by atoms with E-state index in [1.54, 1.807) is 31.3 Å². The first-order chi connectivity index (χ1) is 13.5. The second kappa shape index (κ2) is 9.99. The Kier molecular flexibility index (Phi) is 7.70. The molecule has 1 aliphatic carbocycles. The van der Waals surface area contributed by atoms with Crippen LogP contribution in [0.3, 0.4) is 0 Å². The minimum atomic E-state index is 0.0649. The Labute approximate surface area is 170 Å². The summed E-state index contributed by atoms with van der Waals surface area (Å²) in [5, 5.41) is 11.6. The first-order valence-electron chi connectivity index (χ1n) is 9.26. The lowest BCUT2D eigenvalue weighted by atomic mass is 10.1. The molecular formula is C21H25ClN4O2. The Bertz CT molecular complexity index is 892. The summed E-state index contributed by atoms with van der Waals surface area (Å²) < 4.78 is 5.50. The molecule has 0 unspecified atom stereocenters. The number of hydrogen-bond donors (Lipinski definition) is 2. The number of rotatable bonds is 6. The number of pyridine rings is 1. The van der Waals surface area contributed by atoms with Crippen molar-refractivity contribution in [2.75, 3.05) is 12.4 Å². The second-order valence-corrected chi connectivity index (χ2v) is 6.33. The molecule has 0 bridgehead atoms. The van der Waals surface area contributed by atoms with Gasteiger partial charge in [0.05, 0.1) is 29.6 Å². The Balaban J connectivity index is 0.00000136. The molecule has 0 radical (unpaired) electrons. The van der Waals surface area contributed by atoms with E-state index >= 15 is 0 Å². The van der Waals surface area contributed by atoms with Gasteiger partial charge in [-0.3, -0.25) is 10.2 Å². The fraction of sp³-hybridized carbons (Fsp3) is 0.333. The normalized spacial score (nSPS) is 12.9. The number of anilines is 2. The minimum Gasteiger partial charge on any atom is -0.494 e. The number of benzene rings is 1. The largest absolute Gasteiger partial charge is 0.494 e. The van der Waals surface area contributed by atoms with Crippen molar-refractivity contribution in [1.29, 1.82) is 5.41 Å². The summed E-state index contributed by atoms with van der Waals surface area (Å²) in [6, 6.07) is 6.99. The zero-order chi connectivity index (χ0) is 20.7. The number of nitrogens with zero attached hydrogens (tertiary/aromatic N) is 2. The first-order valence-corrected chi connectivity index (χ1v) is 9.64. The molecule has 0 amide bonds. The molecule has 0 atom stereocenters. The first kappa shape index (κ1) is 21.6. The maximum atomic E-state index is 12.5. The maximum absolute atomic E-state index is 12.5. The number of Topliss-reactive ketones (excluding diaryl/α,β-unsaturated/α-hetero) is 1. The van der Waals surface area contributed by atoms with Crippen molar-refractivity contribution in [3.8, 4) is 5.75 Å². The van der Waals surface area contributed by atoms with Crippen LogP contribution in [0.4, 0.5) is 11.4 Å². The smallest absolute Gasteiger partial charge is 0.169 e. The zero-order valence-corrected chi connectivity index (χ0v) is 17.3. The highest BCUT2D eigenvalue weighted by atomic mass is 35.5. The van der Waals surface area contributed by atoms with Gasteiger partial charge in [-0.25, -0.2) is 9.98 Å². The van der Waals surface area contributed by atoms with Gasteiger partial charge in [-0.1, -0.05) is 31.5 Å². The number of nitrogens with one attached hydrogen (secondary N) is 2. The van der Waals surface area contributed by atoms with E-state index in [9.17, 15) is 4.79 Å². The van der Waals surface area contributed by atoms with Crippen LogP contribution in [0.15, 0.2) is 35.5 Å². The molecule has 3 rings (SSSR count). The predicted molar refractivity (Wildman–Crippen MR) is 115 cm³/mol. The number of carbonyl (C=O) groups is 1. The van der Waals surface area contributed by atoms with Gasteiger partial charge in [-0.2, -0.15) is 0 Å². The van der Waals surface area contributed by atoms with Crippen LogP contribution in [0, 0.1) is 11.3 Å². The van der Waals surface area contributed by atoms with Crippen LogP contribution in [-0.4, -0.2) is 29.9 Å².